The van der Waals surface area contributed by atoms with Gasteiger partial charge >= 0.3 is 0 Å². The van der Waals surface area contributed by atoms with Gasteiger partial charge in [0.05, 0.1) is 5.69 Å². The zero-order chi connectivity index (χ0) is 11.5. The molecule has 0 aliphatic heterocycles. The fourth-order valence-electron chi connectivity index (χ4n) is 1.34. The van der Waals surface area contributed by atoms with Crippen LogP contribution in [0.4, 0.5) is 5.13 Å². The Kier molecular flexibility index (Phi) is 3.43. The molecule has 1 unspecified atom stereocenters. The predicted octanol–water partition coefficient (Wildman–Crippen LogP) is 1.78. The van der Waals surface area contributed by atoms with E-state index in [1.54, 1.807) is 11.3 Å². The smallest absolute Gasteiger partial charge is 0.242 e. The van der Waals surface area contributed by atoms with Crippen molar-refractivity contribution >= 4 is 22.4 Å². The number of carbonyl (C=O) groups excluding carboxylic acids is 1. The molecule has 0 spiro atoms. The highest BCUT2D eigenvalue weighted by atomic mass is 32.1. The molecule has 1 aliphatic carbocycles. The molecule has 1 aromatic heterocycles. The van der Waals surface area contributed by atoms with Crippen molar-refractivity contribution in [3.63, 3.8) is 0 Å². The Morgan fingerprint density at radius 1 is 1.69 bits per heavy atom. The van der Waals surface area contributed by atoms with Crippen LogP contribution in [0.5, 0.6) is 0 Å². The molecule has 1 atom stereocenters. The predicted molar refractivity (Wildman–Crippen MR) is 65.7 cm³/mol. The number of amides is 1. The quantitative estimate of drug-likeness (QED) is 0.823. The summed E-state index contributed by atoms with van der Waals surface area (Å²) < 4.78 is 0. The minimum atomic E-state index is -0.212. The molecule has 1 aromatic rings. The second-order valence-electron chi connectivity index (χ2n) is 4.15. The van der Waals surface area contributed by atoms with Gasteiger partial charge in [-0.05, 0) is 26.2 Å². The van der Waals surface area contributed by atoms with E-state index in [9.17, 15) is 4.79 Å². The van der Waals surface area contributed by atoms with E-state index in [4.69, 9.17) is 0 Å². The lowest BCUT2D eigenvalue weighted by atomic mass is 10.3. The highest BCUT2D eigenvalue weighted by Gasteiger charge is 2.25. The van der Waals surface area contributed by atoms with Gasteiger partial charge in [-0.2, -0.15) is 0 Å². The molecular weight excluding hydrogens is 222 g/mol. The van der Waals surface area contributed by atoms with E-state index >= 15 is 0 Å². The van der Waals surface area contributed by atoms with Crippen molar-refractivity contribution in [1.29, 1.82) is 0 Å². The van der Waals surface area contributed by atoms with Crippen LogP contribution >= 0.6 is 11.3 Å². The number of nitrogens with zero attached hydrogens (tertiary/aromatic N) is 1. The van der Waals surface area contributed by atoms with Crippen LogP contribution in [0.3, 0.4) is 0 Å². The monoisotopic (exact) mass is 239 g/mol. The molecule has 1 aliphatic rings. The average molecular weight is 239 g/mol. The lowest BCUT2D eigenvalue weighted by Gasteiger charge is -2.12. The molecule has 0 saturated heterocycles. The van der Waals surface area contributed by atoms with Crippen LogP contribution in [0.2, 0.25) is 0 Å². The zero-order valence-corrected chi connectivity index (χ0v) is 10.4. The maximum absolute atomic E-state index is 11.7. The van der Waals surface area contributed by atoms with Crippen molar-refractivity contribution in [1.82, 2.24) is 10.3 Å². The molecule has 4 nitrogen and oxygen atoms in total. The van der Waals surface area contributed by atoms with Crippen LogP contribution in [0.1, 0.15) is 32.4 Å². The van der Waals surface area contributed by atoms with E-state index in [-0.39, 0.29) is 11.9 Å². The van der Waals surface area contributed by atoms with Gasteiger partial charge in [-0.25, -0.2) is 4.98 Å². The van der Waals surface area contributed by atoms with Gasteiger partial charge < -0.3 is 10.6 Å². The standard InChI is InChI=1S/C11H17N3OS/c1-3-8-6-16-11(14-8)12-7(2)10(15)13-9-4-5-9/h6-7,9H,3-5H2,1-2H3,(H,12,14)(H,13,15). The van der Waals surface area contributed by atoms with E-state index in [1.807, 2.05) is 12.3 Å². The number of hydrogen-bond acceptors (Lipinski definition) is 4. The summed E-state index contributed by atoms with van der Waals surface area (Å²) in [7, 11) is 0. The van der Waals surface area contributed by atoms with Crippen LogP contribution in [0, 0.1) is 0 Å². The Morgan fingerprint density at radius 3 is 3.00 bits per heavy atom. The summed E-state index contributed by atoms with van der Waals surface area (Å²) in [6, 6.07) is 0.204. The van der Waals surface area contributed by atoms with E-state index in [0.29, 0.717) is 6.04 Å². The largest absolute Gasteiger partial charge is 0.352 e. The molecule has 16 heavy (non-hydrogen) atoms. The number of hydrogen-bond donors (Lipinski definition) is 2. The maximum atomic E-state index is 11.7. The molecule has 1 saturated carbocycles. The molecule has 2 rings (SSSR count). The van der Waals surface area contributed by atoms with Crippen LogP contribution in [-0.2, 0) is 11.2 Å². The Balaban J connectivity index is 1.84. The van der Waals surface area contributed by atoms with Crippen LogP contribution in [0.25, 0.3) is 0 Å². The summed E-state index contributed by atoms with van der Waals surface area (Å²) in [4.78, 5) is 16.1. The van der Waals surface area contributed by atoms with Gasteiger partial charge in [-0.15, -0.1) is 11.3 Å². The van der Waals surface area contributed by atoms with Crippen LogP contribution < -0.4 is 10.6 Å². The highest BCUT2D eigenvalue weighted by molar-refractivity contribution is 7.13. The molecule has 88 valence electrons. The fraction of sp³-hybridized carbons (Fsp3) is 0.636. The maximum Gasteiger partial charge on any atom is 0.242 e. The molecule has 0 radical (unpaired) electrons. The van der Waals surface area contributed by atoms with Crippen LogP contribution in [-0.4, -0.2) is 23.0 Å². The molecule has 5 heteroatoms. The Hall–Kier alpha value is -1.10. The first-order chi connectivity index (χ1) is 7.69. The van der Waals surface area contributed by atoms with Crippen molar-refractivity contribution < 1.29 is 4.79 Å². The number of carbonyl (C=O) groups is 1. The Labute approximate surface area is 99.5 Å². The fourth-order valence-corrected chi connectivity index (χ4v) is 2.22. The summed E-state index contributed by atoms with van der Waals surface area (Å²) in [5.74, 6) is 0.0655. The Morgan fingerprint density at radius 2 is 2.44 bits per heavy atom. The van der Waals surface area contributed by atoms with Gasteiger partial charge in [-0.1, -0.05) is 6.92 Å². The van der Waals surface area contributed by atoms with E-state index in [1.165, 1.54) is 0 Å². The van der Waals surface area contributed by atoms with Crippen molar-refractivity contribution in [3.05, 3.63) is 11.1 Å². The summed E-state index contributed by atoms with van der Waals surface area (Å²) in [5.41, 5.74) is 1.07. The van der Waals surface area contributed by atoms with Crippen LogP contribution in [0.15, 0.2) is 5.38 Å². The van der Waals surface area contributed by atoms with Crippen molar-refractivity contribution in [2.24, 2.45) is 0 Å². The molecule has 0 aromatic carbocycles. The normalized spacial score (nSPS) is 16.9. The molecule has 1 fully saturated rings. The minimum Gasteiger partial charge on any atom is -0.352 e. The second kappa shape index (κ2) is 4.82. The topological polar surface area (TPSA) is 54.0 Å². The average Bonchev–Trinajstić information content (AvgIpc) is 2.96. The van der Waals surface area contributed by atoms with E-state index in [0.717, 1.165) is 30.1 Å². The van der Waals surface area contributed by atoms with E-state index < -0.39 is 0 Å². The number of anilines is 1. The van der Waals surface area contributed by atoms with Crippen molar-refractivity contribution in [2.75, 3.05) is 5.32 Å². The Bertz CT molecular complexity index is 373. The number of thiazole rings is 1. The molecule has 0 bridgehead atoms. The molecule has 1 heterocycles. The minimum absolute atomic E-state index is 0.0655. The van der Waals surface area contributed by atoms with Gasteiger partial charge in [-0.3, -0.25) is 4.79 Å². The van der Waals surface area contributed by atoms with E-state index in [2.05, 4.69) is 22.5 Å². The third-order valence-electron chi connectivity index (χ3n) is 2.57. The second-order valence-corrected chi connectivity index (χ2v) is 5.00. The van der Waals surface area contributed by atoms with Gasteiger partial charge in [0.15, 0.2) is 5.13 Å². The first-order valence-electron chi connectivity index (χ1n) is 5.70. The highest BCUT2D eigenvalue weighted by Crippen LogP contribution is 2.20. The first kappa shape index (κ1) is 11.4. The van der Waals surface area contributed by atoms with Gasteiger partial charge in [0, 0.05) is 11.4 Å². The number of rotatable bonds is 5. The summed E-state index contributed by atoms with van der Waals surface area (Å²) in [5, 5.41) is 8.95. The summed E-state index contributed by atoms with van der Waals surface area (Å²) in [6.45, 7) is 3.94. The number of nitrogens with one attached hydrogen (secondary N) is 2. The summed E-state index contributed by atoms with van der Waals surface area (Å²) >= 11 is 1.55. The van der Waals surface area contributed by atoms with Gasteiger partial charge in [0.1, 0.15) is 6.04 Å². The van der Waals surface area contributed by atoms with Gasteiger partial charge in [0.25, 0.3) is 0 Å². The van der Waals surface area contributed by atoms with Gasteiger partial charge in [0.2, 0.25) is 5.91 Å². The summed E-state index contributed by atoms with van der Waals surface area (Å²) in [6.07, 6.45) is 3.17. The lowest BCUT2D eigenvalue weighted by molar-refractivity contribution is -0.121. The third kappa shape index (κ3) is 2.95. The SMILES string of the molecule is CCc1csc(NC(C)C(=O)NC2CC2)n1. The molecule has 1 amide bonds. The lowest BCUT2D eigenvalue weighted by Crippen LogP contribution is -2.38. The van der Waals surface area contributed by atoms with Crippen molar-refractivity contribution in [3.8, 4) is 0 Å². The van der Waals surface area contributed by atoms with Crippen molar-refractivity contribution in [2.45, 2.75) is 45.2 Å². The molecular formula is C11H17N3OS. The zero-order valence-electron chi connectivity index (χ0n) is 9.62. The first-order valence-corrected chi connectivity index (χ1v) is 6.58. The third-order valence-corrected chi connectivity index (χ3v) is 3.39. The number of aromatic nitrogens is 1. The number of aryl methyl sites for hydroxylation is 1. The molecule has 2 N–H and O–H groups in total.